The van der Waals surface area contributed by atoms with Crippen molar-refractivity contribution in [3.05, 3.63) is 60.7 Å². The summed E-state index contributed by atoms with van der Waals surface area (Å²) in [5.74, 6) is 2.79. The highest BCUT2D eigenvalue weighted by atomic mass is 16.5. The van der Waals surface area contributed by atoms with Gasteiger partial charge in [-0.1, -0.05) is 62.6 Å². The summed E-state index contributed by atoms with van der Waals surface area (Å²) >= 11 is 0. The zero-order valence-corrected chi connectivity index (χ0v) is 23.4. The Bertz CT molecular complexity index is 785. The Hall–Kier alpha value is -2.04. The maximum Gasteiger partial charge on any atom is 0.119 e. The van der Waals surface area contributed by atoms with Gasteiger partial charge >= 0.3 is 0 Å². The molecule has 4 heteroatoms. The van der Waals surface area contributed by atoms with Gasteiger partial charge in [0.05, 0.1) is 13.2 Å². The van der Waals surface area contributed by atoms with Crippen molar-refractivity contribution in [2.75, 3.05) is 39.4 Å². The number of hydrogen-bond acceptors (Lipinski definition) is 4. The van der Waals surface area contributed by atoms with E-state index in [0.29, 0.717) is 0 Å². The van der Waals surface area contributed by atoms with Crippen LogP contribution in [0.15, 0.2) is 60.7 Å². The molecule has 206 valence electrons. The van der Waals surface area contributed by atoms with Crippen LogP contribution in [0.2, 0.25) is 0 Å². The minimum atomic E-state index is 0.769. The van der Waals surface area contributed by atoms with Crippen LogP contribution in [-0.4, -0.2) is 50.3 Å². The van der Waals surface area contributed by atoms with Crippen molar-refractivity contribution >= 4 is 0 Å². The van der Waals surface area contributed by atoms with E-state index in [0.717, 1.165) is 62.6 Å². The van der Waals surface area contributed by atoms with E-state index in [-0.39, 0.29) is 0 Å². The van der Waals surface area contributed by atoms with Gasteiger partial charge in [-0.05, 0) is 114 Å². The first-order chi connectivity index (χ1) is 18.4. The van der Waals surface area contributed by atoms with E-state index in [1.807, 2.05) is 60.7 Å². The largest absolute Gasteiger partial charge is 0.494 e. The fraction of sp³-hybridized carbons (Fsp3) is 0.636. The molecule has 2 aromatic carbocycles. The van der Waals surface area contributed by atoms with Gasteiger partial charge in [0.2, 0.25) is 0 Å². The second-order valence-corrected chi connectivity index (χ2v) is 10.6. The van der Waals surface area contributed by atoms with Gasteiger partial charge in [0.15, 0.2) is 0 Å². The van der Waals surface area contributed by atoms with Crippen LogP contribution in [0, 0.1) is 5.92 Å². The third-order valence-corrected chi connectivity index (χ3v) is 7.79. The minimum absolute atomic E-state index is 0.769. The molecule has 1 saturated heterocycles. The van der Waals surface area contributed by atoms with Gasteiger partial charge in [0, 0.05) is 6.04 Å². The van der Waals surface area contributed by atoms with Crippen LogP contribution in [0.3, 0.4) is 0 Å². The molecule has 0 bridgehead atoms. The van der Waals surface area contributed by atoms with Crippen molar-refractivity contribution in [1.29, 1.82) is 0 Å². The Morgan fingerprint density at radius 3 is 2.05 bits per heavy atom. The first-order valence-corrected chi connectivity index (χ1v) is 15.2. The summed E-state index contributed by atoms with van der Waals surface area (Å²) in [5, 5.41) is 3.73. The summed E-state index contributed by atoms with van der Waals surface area (Å²) in [5.41, 5.74) is 0. The molecule has 1 fully saturated rings. The Morgan fingerprint density at radius 1 is 0.757 bits per heavy atom. The smallest absolute Gasteiger partial charge is 0.119 e. The zero-order chi connectivity index (χ0) is 25.8. The second-order valence-electron chi connectivity index (χ2n) is 10.6. The lowest BCUT2D eigenvalue weighted by Crippen LogP contribution is -2.41. The fourth-order valence-electron chi connectivity index (χ4n) is 5.62. The summed E-state index contributed by atoms with van der Waals surface area (Å²) in [7, 11) is 0. The number of benzene rings is 2. The van der Waals surface area contributed by atoms with E-state index in [4.69, 9.17) is 9.47 Å². The molecule has 0 saturated carbocycles. The van der Waals surface area contributed by atoms with Gasteiger partial charge in [-0.15, -0.1) is 0 Å². The Balaban J connectivity index is 1.25. The quantitative estimate of drug-likeness (QED) is 0.197. The third kappa shape index (κ3) is 12.4. The summed E-state index contributed by atoms with van der Waals surface area (Å²) < 4.78 is 11.7. The lowest BCUT2D eigenvalue weighted by Gasteiger charge is -2.36. The van der Waals surface area contributed by atoms with Gasteiger partial charge in [-0.25, -0.2) is 0 Å². The molecule has 0 radical (unpaired) electrons. The highest BCUT2D eigenvalue weighted by Gasteiger charge is 2.27. The molecule has 3 rings (SSSR count). The van der Waals surface area contributed by atoms with Crippen molar-refractivity contribution in [2.24, 2.45) is 5.92 Å². The van der Waals surface area contributed by atoms with Crippen LogP contribution in [0.4, 0.5) is 0 Å². The second kappa shape index (κ2) is 19.1. The summed E-state index contributed by atoms with van der Waals surface area (Å²) in [6.07, 6.45) is 15.4. The number of rotatable bonds is 19. The predicted octanol–water partition coefficient (Wildman–Crippen LogP) is 7.74. The lowest BCUT2D eigenvalue weighted by molar-refractivity contribution is 0.130. The van der Waals surface area contributed by atoms with E-state index in [1.165, 1.54) is 77.3 Å². The first-order valence-electron chi connectivity index (χ1n) is 15.2. The number of likely N-dealkylation sites (tertiary alicyclic amines) is 1. The van der Waals surface area contributed by atoms with E-state index in [2.05, 4.69) is 17.1 Å². The average Bonchev–Trinajstić information content (AvgIpc) is 3.18. The number of nitrogens with zero attached hydrogens (tertiary/aromatic N) is 1. The van der Waals surface area contributed by atoms with Crippen LogP contribution in [-0.2, 0) is 0 Å². The number of unbranched alkanes of at least 4 members (excludes halogenated alkanes) is 4. The van der Waals surface area contributed by atoms with E-state index in [1.54, 1.807) is 0 Å². The van der Waals surface area contributed by atoms with Crippen LogP contribution >= 0.6 is 0 Å². The molecule has 0 spiro atoms. The number of hydrogen-bond donors (Lipinski definition) is 1. The van der Waals surface area contributed by atoms with Crippen LogP contribution in [0.5, 0.6) is 11.5 Å². The number of para-hydroxylation sites is 2. The normalized spacial score (nSPS) is 17.3. The van der Waals surface area contributed by atoms with E-state index >= 15 is 0 Å². The first kappa shape index (κ1) is 29.5. The molecule has 0 aromatic heterocycles. The molecule has 1 heterocycles. The van der Waals surface area contributed by atoms with Crippen LogP contribution in [0.1, 0.15) is 84.0 Å². The van der Waals surface area contributed by atoms with Crippen molar-refractivity contribution in [3.63, 3.8) is 0 Å². The standard InChI is InChI=1S/C33H52N2O2/c1-2-30(23-25-34-24-13-6-16-28-36-31-18-8-3-9-19-31)33-22-12-5-14-26-35(33)27-15-7-17-29-37-32-20-10-4-11-21-32/h3-4,8-11,18-21,30,33-34H,2,5-7,12-17,22-29H2,1H3. The van der Waals surface area contributed by atoms with Gasteiger partial charge in [-0.3, -0.25) is 0 Å². The molecule has 0 aliphatic carbocycles. The molecule has 37 heavy (non-hydrogen) atoms. The maximum absolute atomic E-state index is 5.88. The average molecular weight is 509 g/mol. The Kier molecular flexibility index (Phi) is 15.2. The molecule has 2 unspecified atom stereocenters. The van der Waals surface area contributed by atoms with Gasteiger partial charge in [0.25, 0.3) is 0 Å². The molecule has 1 aliphatic rings. The maximum atomic E-state index is 5.88. The molecular formula is C33H52N2O2. The van der Waals surface area contributed by atoms with E-state index < -0.39 is 0 Å². The SMILES string of the molecule is CCC(CCNCCCCCOc1ccccc1)C1CCCCCN1CCCCCOc1ccccc1. The zero-order valence-electron chi connectivity index (χ0n) is 23.4. The third-order valence-electron chi connectivity index (χ3n) is 7.79. The fourth-order valence-corrected chi connectivity index (χ4v) is 5.62. The molecule has 2 atom stereocenters. The Morgan fingerprint density at radius 2 is 1.41 bits per heavy atom. The lowest BCUT2D eigenvalue weighted by atomic mass is 9.89. The van der Waals surface area contributed by atoms with Gasteiger partial charge < -0.3 is 19.7 Å². The van der Waals surface area contributed by atoms with E-state index in [9.17, 15) is 0 Å². The monoisotopic (exact) mass is 508 g/mol. The topological polar surface area (TPSA) is 33.7 Å². The number of ether oxygens (including phenoxy) is 2. The van der Waals surface area contributed by atoms with Crippen molar-refractivity contribution in [3.8, 4) is 11.5 Å². The number of nitrogens with one attached hydrogen (secondary N) is 1. The van der Waals surface area contributed by atoms with Crippen molar-refractivity contribution < 1.29 is 9.47 Å². The highest BCUT2D eigenvalue weighted by Crippen LogP contribution is 2.27. The summed E-state index contributed by atoms with van der Waals surface area (Å²) in [6.45, 7) is 8.88. The van der Waals surface area contributed by atoms with Crippen molar-refractivity contribution in [2.45, 2.75) is 90.0 Å². The van der Waals surface area contributed by atoms with Gasteiger partial charge in [-0.2, -0.15) is 0 Å². The molecule has 4 nitrogen and oxygen atoms in total. The molecule has 1 N–H and O–H groups in total. The Labute approximate surface area is 227 Å². The van der Waals surface area contributed by atoms with Crippen molar-refractivity contribution in [1.82, 2.24) is 10.2 Å². The van der Waals surface area contributed by atoms with Crippen LogP contribution < -0.4 is 14.8 Å². The summed E-state index contributed by atoms with van der Waals surface area (Å²) in [6, 6.07) is 21.1. The molecule has 2 aromatic rings. The summed E-state index contributed by atoms with van der Waals surface area (Å²) in [4.78, 5) is 2.85. The minimum Gasteiger partial charge on any atom is -0.494 e. The van der Waals surface area contributed by atoms with Gasteiger partial charge in [0.1, 0.15) is 11.5 Å². The molecule has 1 aliphatic heterocycles. The highest BCUT2D eigenvalue weighted by molar-refractivity contribution is 5.21. The molecule has 0 amide bonds. The molecular weight excluding hydrogens is 456 g/mol. The van der Waals surface area contributed by atoms with Crippen LogP contribution in [0.25, 0.3) is 0 Å². The predicted molar refractivity (Wildman–Crippen MR) is 157 cm³/mol.